The molecule has 4 aromatic rings. The van der Waals surface area contributed by atoms with Gasteiger partial charge in [-0.1, -0.05) is 30.0 Å². The number of nitrogens with zero attached hydrogens (tertiary/aromatic N) is 4. The average Bonchev–Trinajstić information content (AvgIpc) is 3.33. The van der Waals surface area contributed by atoms with E-state index >= 15 is 0 Å². The number of para-hydroxylation sites is 1. The Kier molecular flexibility index (Phi) is 4.42. The Labute approximate surface area is 153 Å². The summed E-state index contributed by atoms with van der Waals surface area (Å²) >= 11 is 3.30. The maximum atomic E-state index is 5.45. The van der Waals surface area contributed by atoms with Gasteiger partial charge in [-0.2, -0.15) is 0 Å². The molecule has 0 amide bonds. The number of aromatic nitrogens is 4. The molecule has 5 nitrogen and oxygen atoms in total. The molecule has 0 bridgehead atoms. The number of thioether (sulfide) groups is 1. The zero-order chi connectivity index (χ0) is 17.2. The number of hydrogen-bond acceptors (Lipinski definition) is 6. The van der Waals surface area contributed by atoms with Gasteiger partial charge in [0.05, 0.1) is 22.5 Å². The maximum absolute atomic E-state index is 5.45. The van der Waals surface area contributed by atoms with E-state index in [4.69, 9.17) is 4.42 Å². The summed E-state index contributed by atoms with van der Waals surface area (Å²) in [5, 5.41) is 12.9. The lowest BCUT2D eigenvalue weighted by atomic mass is 10.2. The van der Waals surface area contributed by atoms with Crippen LogP contribution in [0.4, 0.5) is 0 Å². The fraction of sp³-hybridized carbons (Fsp3) is 0.167. The zero-order valence-electron chi connectivity index (χ0n) is 13.8. The first-order valence-corrected chi connectivity index (χ1v) is 9.68. The van der Waals surface area contributed by atoms with E-state index in [0.29, 0.717) is 0 Å². The van der Waals surface area contributed by atoms with Gasteiger partial charge in [-0.05, 0) is 32.0 Å². The van der Waals surface area contributed by atoms with Gasteiger partial charge in [-0.15, -0.1) is 21.5 Å². The molecule has 25 heavy (non-hydrogen) atoms. The van der Waals surface area contributed by atoms with Gasteiger partial charge in [-0.3, -0.25) is 4.57 Å². The summed E-state index contributed by atoms with van der Waals surface area (Å²) in [5.74, 6) is 2.38. The summed E-state index contributed by atoms with van der Waals surface area (Å²) in [6.45, 7) is 3.95. The lowest BCUT2D eigenvalue weighted by Gasteiger charge is -2.09. The lowest BCUT2D eigenvalue weighted by Crippen LogP contribution is -1.99. The Morgan fingerprint density at radius 2 is 1.96 bits per heavy atom. The number of benzene rings is 1. The standard InChI is InChI=1S/C18H16N4OS2/c1-12-16(8-9-23-12)17-20-21-18(22(17)15-6-4-3-5-7-15)25-11-14-10-24-13(2)19-14/h3-10H,11H2,1-2H3. The Bertz CT molecular complexity index is 988. The third-order valence-corrected chi connectivity index (χ3v) is 5.55. The van der Waals surface area contributed by atoms with Crippen LogP contribution >= 0.6 is 23.1 Å². The van der Waals surface area contributed by atoms with Crippen molar-refractivity contribution in [2.45, 2.75) is 24.8 Å². The van der Waals surface area contributed by atoms with Crippen molar-refractivity contribution in [2.24, 2.45) is 0 Å². The van der Waals surface area contributed by atoms with E-state index in [0.717, 1.165) is 44.4 Å². The minimum absolute atomic E-state index is 0.764. The van der Waals surface area contributed by atoms with Crippen LogP contribution in [0.15, 0.2) is 57.6 Å². The summed E-state index contributed by atoms with van der Waals surface area (Å²) in [6, 6.07) is 12.1. The fourth-order valence-electron chi connectivity index (χ4n) is 2.58. The molecule has 0 saturated heterocycles. The number of rotatable bonds is 5. The maximum Gasteiger partial charge on any atom is 0.196 e. The molecule has 0 unspecified atom stereocenters. The zero-order valence-corrected chi connectivity index (χ0v) is 15.5. The normalized spacial score (nSPS) is 11.1. The van der Waals surface area contributed by atoms with Gasteiger partial charge in [-0.25, -0.2) is 4.98 Å². The van der Waals surface area contributed by atoms with E-state index in [-0.39, 0.29) is 0 Å². The van der Waals surface area contributed by atoms with Crippen molar-refractivity contribution in [3.05, 3.63) is 64.5 Å². The van der Waals surface area contributed by atoms with Crippen LogP contribution in [-0.4, -0.2) is 19.7 Å². The fourth-order valence-corrected chi connectivity index (χ4v) is 4.14. The van der Waals surface area contributed by atoms with E-state index in [2.05, 4.69) is 37.3 Å². The molecule has 7 heteroatoms. The molecule has 0 aliphatic carbocycles. The van der Waals surface area contributed by atoms with Crippen LogP contribution in [0.5, 0.6) is 0 Å². The molecule has 3 aromatic heterocycles. The van der Waals surface area contributed by atoms with Gasteiger partial charge in [0.2, 0.25) is 0 Å². The van der Waals surface area contributed by atoms with Crippen molar-refractivity contribution in [3.63, 3.8) is 0 Å². The summed E-state index contributed by atoms with van der Waals surface area (Å²) < 4.78 is 7.53. The highest BCUT2D eigenvalue weighted by Gasteiger charge is 2.19. The second-order valence-corrected chi connectivity index (χ2v) is 7.52. The third-order valence-electron chi connectivity index (χ3n) is 3.76. The molecule has 4 rings (SSSR count). The number of hydrogen-bond donors (Lipinski definition) is 0. The van der Waals surface area contributed by atoms with Gasteiger partial charge < -0.3 is 4.42 Å². The van der Waals surface area contributed by atoms with Gasteiger partial charge in [0.15, 0.2) is 11.0 Å². The van der Waals surface area contributed by atoms with Gasteiger partial charge in [0.1, 0.15) is 5.76 Å². The molecular weight excluding hydrogens is 352 g/mol. The van der Waals surface area contributed by atoms with Crippen LogP contribution in [0, 0.1) is 13.8 Å². The Morgan fingerprint density at radius 3 is 2.64 bits per heavy atom. The predicted molar refractivity (Wildman–Crippen MR) is 100 cm³/mol. The number of furan rings is 1. The highest BCUT2D eigenvalue weighted by atomic mass is 32.2. The summed E-state index contributed by atoms with van der Waals surface area (Å²) in [7, 11) is 0. The molecule has 0 aliphatic heterocycles. The molecule has 0 saturated carbocycles. The van der Waals surface area contributed by atoms with Crippen LogP contribution in [0.2, 0.25) is 0 Å². The average molecular weight is 368 g/mol. The first-order valence-electron chi connectivity index (χ1n) is 7.81. The Hall–Kier alpha value is -2.38. The first-order chi connectivity index (χ1) is 12.2. The van der Waals surface area contributed by atoms with E-state index in [1.165, 1.54) is 0 Å². The summed E-state index contributed by atoms with van der Waals surface area (Å²) in [5.41, 5.74) is 3.05. The smallest absolute Gasteiger partial charge is 0.196 e. The summed E-state index contributed by atoms with van der Waals surface area (Å²) in [6.07, 6.45) is 1.68. The van der Waals surface area contributed by atoms with Gasteiger partial charge in [0.25, 0.3) is 0 Å². The van der Waals surface area contributed by atoms with E-state index in [1.54, 1.807) is 29.4 Å². The van der Waals surface area contributed by atoms with Crippen molar-refractivity contribution in [2.75, 3.05) is 0 Å². The molecule has 0 N–H and O–H groups in total. The van der Waals surface area contributed by atoms with Crippen LogP contribution in [0.1, 0.15) is 16.5 Å². The monoisotopic (exact) mass is 368 g/mol. The quantitative estimate of drug-likeness (QED) is 0.469. The number of thiazole rings is 1. The first kappa shape index (κ1) is 16.1. The van der Waals surface area contributed by atoms with Crippen molar-refractivity contribution < 1.29 is 4.42 Å². The molecule has 126 valence electrons. The largest absolute Gasteiger partial charge is 0.469 e. The second-order valence-electron chi connectivity index (χ2n) is 5.51. The SMILES string of the molecule is Cc1nc(CSc2nnc(-c3ccoc3C)n2-c2ccccc2)cs1. The van der Waals surface area contributed by atoms with Crippen molar-refractivity contribution in [1.29, 1.82) is 0 Å². The van der Waals surface area contributed by atoms with Crippen molar-refractivity contribution in [3.8, 4) is 17.1 Å². The third kappa shape index (κ3) is 3.25. The van der Waals surface area contributed by atoms with Crippen LogP contribution < -0.4 is 0 Å². The van der Waals surface area contributed by atoms with Crippen LogP contribution in [0.3, 0.4) is 0 Å². The van der Waals surface area contributed by atoms with Gasteiger partial charge in [0, 0.05) is 16.8 Å². The topological polar surface area (TPSA) is 56.7 Å². The molecule has 0 fully saturated rings. The molecule has 1 aromatic carbocycles. The number of aryl methyl sites for hydroxylation is 2. The van der Waals surface area contributed by atoms with Gasteiger partial charge >= 0.3 is 0 Å². The highest BCUT2D eigenvalue weighted by Crippen LogP contribution is 2.31. The van der Waals surface area contributed by atoms with Crippen LogP contribution in [0.25, 0.3) is 17.1 Å². The predicted octanol–water partition coefficient (Wildman–Crippen LogP) is 4.89. The van der Waals surface area contributed by atoms with E-state index in [9.17, 15) is 0 Å². The molecule has 0 aliphatic rings. The lowest BCUT2D eigenvalue weighted by molar-refractivity contribution is 0.535. The van der Waals surface area contributed by atoms with E-state index < -0.39 is 0 Å². The second kappa shape index (κ2) is 6.85. The van der Waals surface area contributed by atoms with Crippen LogP contribution in [-0.2, 0) is 5.75 Å². The molecule has 3 heterocycles. The Morgan fingerprint density at radius 1 is 1.12 bits per heavy atom. The Balaban J connectivity index is 1.74. The minimum Gasteiger partial charge on any atom is -0.469 e. The molecule has 0 radical (unpaired) electrons. The highest BCUT2D eigenvalue weighted by molar-refractivity contribution is 7.98. The molecular formula is C18H16N4OS2. The molecule has 0 atom stereocenters. The minimum atomic E-state index is 0.764. The summed E-state index contributed by atoms with van der Waals surface area (Å²) in [4.78, 5) is 4.52. The van der Waals surface area contributed by atoms with E-state index in [1.807, 2.05) is 38.1 Å². The van der Waals surface area contributed by atoms with Crippen molar-refractivity contribution >= 4 is 23.1 Å². The molecule has 0 spiro atoms. The van der Waals surface area contributed by atoms with Crippen molar-refractivity contribution in [1.82, 2.24) is 19.7 Å².